The highest BCUT2D eigenvalue weighted by molar-refractivity contribution is 5.78. The number of rotatable bonds is 2. The Balaban J connectivity index is 2.04. The number of hydrogen-bond donors (Lipinski definition) is 1. The SMILES string of the molecule is CCC1CN(C)CCCN1C(=O)N1CCOC(C(=O)O)C1. The van der Waals surface area contributed by atoms with Crippen LogP contribution in [0.1, 0.15) is 19.8 Å². The average molecular weight is 299 g/mol. The van der Waals surface area contributed by atoms with Gasteiger partial charge in [0.05, 0.1) is 13.2 Å². The van der Waals surface area contributed by atoms with E-state index in [0.29, 0.717) is 6.54 Å². The molecule has 2 aliphatic rings. The first-order valence-corrected chi connectivity index (χ1v) is 7.61. The fraction of sp³-hybridized carbons (Fsp3) is 0.857. The van der Waals surface area contributed by atoms with Crippen LogP contribution in [0.5, 0.6) is 0 Å². The molecule has 120 valence electrons. The Kier molecular flexibility index (Phi) is 5.41. The maximum atomic E-state index is 12.7. The second-order valence-corrected chi connectivity index (χ2v) is 5.80. The summed E-state index contributed by atoms with van der Waals surface area (Å²) in [5, 5.41) is 9.04. The monoisotopic (exact) mass is 299 g/mol. The Labute approximate surface area is 125 Å². The third-order valence-corrected chi connectivity index (χ3v) is 4.23. The summed E-state index contributed by atoms with van der Waals surface area (Å²) in [6, 6.07) is 0.142. The Morgan fingerprint density at radius 3 is 2.67 bits per heavy atom. The van der Waals surface area contributed by atoms with Crippen LogP contribution in [0.25, 0.3) is 0 Å². The van der Waals surface area contributed by atoms with Crippen LogP contribution in [0.2, 0.25) is 0 Å². The van der Waals surface area contributed by atoms with Gasteiger partial charge in [-0.3, -0.25) is 0 Å². The van der Waals surface area contributed by atoms with Crippen LogP contribution in [-0.2, 0) is 9.53 Å². The smallest absolute Gasteiger partial charge is 0.334 e. The number of carboxylic acid groups (broad SMARTS) is 1. The van der Waals surface area contributed by atoms with Gasteiger partial charge < -0.3 is 24.5 Å². The van der Waals surface area contributed by atoms with Gasteiger partial charge in [-0.1, -0.05) is 6.92 Å². The molecule has 2 amide bonds. The van der Waals surface area contributed by atoms with Crippen molar-refractivity contribution in [3.05, 3.63) is 0 Å². The summed E-state index contributed by atoms with van der Waals surface area (Å²) in [7, 11) is 2.08. The fourth-order valence-corrected chi connectivity index (χ4v) is 3.00. The van der Waals surface area contributed by atoms with Crippen molar-refractivity contribution in [1.82, 2.24) is 14.7 Å². The lowest BCUT2D eigenvalue weighted by Crippen LogP contribution is -2.55. The molecule has 0 aliphatic carbocycles. The molecule has 1 N–H and O–H groups in total. The van der Waals surface area contributed by atoms with Gasteiger partial charge in [-0.25, -0.2) is 9.59 Å². The predicted octanol–water partition coefficient (Wildman–Crippen LogP) is 0.308. The Hall–Kier alpha value is -1.34. The Morgan fingerprint density at radius 2 is 2.00 bits per heavy atom. The number of morpholine rings is 1. The molecule has 2 aliphatic heterocycles. The topological polar surface area (TPSA) is 73.3 Å². The van der Waals surface area contributed by atoms with Crippen molar-refractivity contribution < 1.29 is 19.4 Å². The highest BCUT2D eigenvalue weighted by atomic mass is 16.5. The molecule has 0 radical (unpaired) electrons. The maximum absolute atomic E-state index is 12.7. The van der Waals surface area contributed by atoms with Gasteiger partial charge in [0.25, 0.3) is 0 Å². The first-order valence-electron chi connectivity index (χ1n) is 7.61. The molecule has 0 aromatic carbocycles. The number of hydrogen-bond acceptors (Lipinski definition) is 4. The van der Waals surface area contributed by atoms with Crippen LogP contribution in [-0.4, -0.2) is 90.3 Å². The summed E-state index contributed by atoms with van der Waals surface area (Å²) < 4.78 is 5.18. The molecule has 2 saturated heterocycles. The number of urea groups is 1. The lowest BCUT2D eigenvalue weighted by Gasteiger charge is -2.38. The summed E-state index contributed by atoms with van der Waals surface area (Å²) in [5.74, 6) is -1.00. The summed E-state index contributed by atoms with van der Waals surface area (Å²) in [6.45, 7) is 5.56. The number of ether oxygens (including phenoxy) is 1. The van der Waals surface area contributed by atoms with Crippen molar-refractivity contribution in [3.8, 4) is 0 Å². The van der Waals surface area contributed by atoms with Gasteiger partial charge in [-0.05, 0) is 26.4 Å². The molecule has 2 fully saturated rings. The molecule has 2 rings (SSSR count). The van der Waals surface area contributed by atoms with Gasteiger partial charge in [0, 0.05) is 25.7 Å². The largest absolute Gasteiger partial charge is 0.479 e. The van der Waals surface area contributed by atoms with E-state index in [1.165, 1.54) is 0 Å². The van der Waals surface area contributed by atoms with Gasteiger partial charge in [0.1, 0.15) is 0 Å². The van der Waals surface area contributed by atoms with Crippen LogP contribution >= 0.6 is 0 Å². The number of carboxylic acids is 1. The number of likely N-dealkylation sites (N-methyl/N-ethyl adjacent to an activating group) is 1. The van der Waals surface area contributed by atoms with Gasteiger partial charge in [-0.2, -0.15) is 0 Å². The number of amides is 2. The molecule has 21 heavy (non-hydrogen) atoms. The van der Waals surface area contributed by atoms with E-state index in [1.54, 1.807) is 4.90 Å². The highest BCUT2D eigenvalue weighted by Crippen LogP contribution is 2.16. The van der Waals surface area contributed by atoms with E-state index in [9.17, 15) is 9.59 Å². The minimum atomic E-state index is -1.00. The van der Waals surface area contributed by atoms with E-state index in [-0.39, 0.29) is 25.2 Å². The van der Waals surface area contributed by atoms with Crippen molar-refractivity contribution in [2.24, 2.45) is 0 Å². The minimum absolute atomic E-state index is 0.0494. The molecule has 2 heterocycles. The second kappa shape index (κ2) is 7.09. The molecule has 2 unspecified atom stereocenters. The summed E-state index contributed by atoms with van der Waals surface area (Å²) >= 11 is 0. The Morgan fingerprint density at radius 1 is 1.24 bits per heavy atom. The van der Waals surface area contributed by atoms with Crippen LogP contribution in [0.4, 0.5) is 4.79 Å². The second-order valence-electron chi connectivity index (χ2n) is 5.80. The molecule has 7 heteroatoms. The predicted molar refractivity (Wildman–Crippen MR) is 77.2 cm³/mol. The standard InChI is InChI=1S/C14H25N3O4/c1-3-11-9-15(2)5-4-6-17(11)14(20)16-7-8-21-12(10-16)13(18)19/h11-12H,3-10H2,1-2H3,(H,18,19). The molecular weight excluding hydrogens is 274 g/mol. The van der Waals surface area contributed by atoms with Gasteiger partial charge in [-0.15, -0.1) is 0 Å². The zero-order valence-electron chi connectivity index (χ0n) is 12.8. The quantitative estimate of drug-likeness (QED) is 0.794. The van der Waals surface area contributed by atoms with Crippen LogP contribution in [0, 0.1) is 0 Å². The lowest BCUT2D eigenvalue weighted by molar-refractivity contribution is -0.154. The molecule has 0 aromatic rings. The summed E-state index contributed by atoms with van der Waals surface area (Å²) in [4.78, 5) is 29.6. The van der Waals surface area contributed by atoms with E-state index in [4.69, 9.17) is 9.84 Å². The number of carbonyl (C=O) groups is 2. The molecule has 7 nitrogen and oxygen atoms in total. The fourth-order valence-electron chi connectivity index (χ4n) is 3.00. The number of aliphatic carboxylic acids is 1. The average Bonchev–Trinajstić information content (AvgIpc) is 2.67. The maximum Gasteiger partial charge on any atom is 0.334 e. The van der Waals surface area contributed by atoms with E-state index < -0.39 is 12.1 Å². The summed E-state index contributed by atoms with van der Waals surface area (Å²) in [5.41, 5.74) is 0. The minimum Gasteiger partial charge on any atom is -0.479 e. The highest BCUT2D eigenvalue weighted by Gasteiger charge is 2.34. The van der Waals surface area contributed by atoms with Crippen LogP contribution in [0.15, 0.2) is 0 Å². The molecular formula is C14H25N3O4. The van der Waals surface area contributed by atoms with Crippen molar-refractivity contribution in [1.29, 1.82) is 0 Å². The van der Waals surface area contributed by atoms with Gasteiger partial charge in [0.2, 0.25) is 0 Å². The third-order valence-electron chi connectivity index (χ3n) is 4.23. The van der Waals surface area contributed by atoms with E-state index >= 15 is 0 Å². The van der Waals surface area contributed by atoms with Crippen molar-refractivity contribution in [3.63, 3.8) is 0 Å². The summed E-state index contributed by atoms with van der Waals surface area (Å²) in [6.07, 6.45) is 0.950. The molecule has 0 bridgehead atoms. The van der Waals surface area contributed by atoms with Gasteiger partial charge in [0.15, 0.2) is 6.10 Å². The number of carbonyl (C=O) groups excluding carboxylic acids is 1. The van der Waals surface area contributed by atoms with Crippen LogP contribution in [0.3, 0.4) is 0 Å². The van der Waals surface area contributed by atoms with Crippen molar-refractivity contribution >= 4 is 12.0 Å². The van der Waals surface area contributed by atoms with E-state index in [2.05, 4.69) is 18.9 Å². The molecule has 2 atom stereocenters. The molecule has 0 spiro atoms. The van der Waals surface area contributed by atoms with Crippen molar-refractivity contribution in [2.45, 2.75) is 31.9 Å². The van der Waals surface area contributed by atoms with E-state index in [0.717, 1.165) is 32.5 Å². The zero-order valence-corrected chi connectivity index (χ0v) is 12.8. The lowest BCUT2D eigenvalue weighted by atomic mass is 10.2. The van der Waals surface area contributed by atoms with Crippen LogP contribution < -0.4 is 0 Å². The first-order chi connectivity index (χ1) is 10.0. The normalized spacial score (nSPS) is 28.3. The third kappa shape index (κ3) is 3.85. The molecule has 0 aromatic heterocycles. The van der Waals surface area contributed by atoms with E-state index in [1.807, 2.05) is 4.90 Å². The molecule has 0 saturated carbocycles. The van der Waals surface area contributed by atoms with Crippen molar-refractivity contribution in [2.75, 3.05) is 46.4 Å². The first kappa shape index (κ1) is 16.0. The number of nitrogens with zero attached hydrogens (tertiary/aromatic N) is 3. The van der Waals surface area contributed by atoms with Gasteiger partial charge >= 0.3 is 12.0 Å². The Bertz CT molecular complexity index is 390. The zero-order chi connectivity index (χ0) is 15.4.